The molecule has 2 aromatic rings. The molecule has 1 aliphatic rings. The van der Waals surface area contributed by atoms with E-state index in [9.17, 15) is 13.2 Å². The molecule has 24 heavy (non-hydrogen) atoms. The number of hydrogen-bond donors (Lipinski definition) is 1. The van der Waals surface area contributed by atoms with E-state index in [0.717, 1.165) is 11.1 Å². The van der Waals surface area contributed by atoms with Crippen LogP contribution >= 0.6 is 0 Å². The highest BCUT2D eigenvalue weighted by Crippen LogP contribution is 2.30. The lowest BCUT2D eigenvalue weighted by Gasteiger charge is -2.34. The molecular weight excluding hydrogens is 324 g/mol. The minimum Gasteiger partial charge on any atom is -0.353 e. The van der Waals surface area contributed by atoms with Gasteiger partial charge in [-0.25, -0.2) is 8.42 Å². The Hall–Kier alpha value is -2.18. The van der Waals surface area contributed by atoms with Crippen molar-refractivity contribution in [3.63, 3.8) is 0 Å². The summed E-state index contributed by atoms with van der Waals surface area (Å²) in [6.07, 6.45) is 0. The van der Waals surface area contributed by atoms with Crippen molar-refractivity contribution in [2.45, 2.75) is 24.8 Å². The van der Waals surface area contributed by atoms with Crippen molar-refractivity contribution in [2.24, 2.45) is 0 Å². The smallest absolute Gasteiger partial charge is 0.244 e. The molecule has 5 nitrogen and oxygen atoms in total. The summed E-state index contributed by atoms with van der Waals surface area (Å²) in [7, 11) is -3.76. The van der Waals surface area contributed by atoms with E-state index in [4.69, 9.17) is 0 Å². The Labute approximate surface area is 142 Å². The second kappa shape index (κ2) is 6.37. The number of aryl methyl sites for hydroxylation is 2. The number of nitrogens with one attached hydrogen (secondary N) is 1. The molecule has 1 atom stereocenters. The maximum Gasteiger partial charge on any atom is 0.244 e. The summed E-state index contributed by atoms with van der Waals surface area (Å²) in [6.45, 7) is 4.38. The summed E-state index contributed by atoms with van der Waals surface area (Å²) in [4.78, 5) is 12.6. The van der Waals surface area contributed by atoms with E-state index in [1.54, 1.807) is 42.5 Å². The van der Waals surface area contributed by atoms with Crippen LogP contribution in [0.4, 0.5) is 0 Å². The van der Waals surface area contributed by atoms with E-state index in [1.165, 1.54) is 4.31 Å². The molecule has 3 rings (SSSR count). The zero-order chi connectivity index (χ0) is 17.3. The molecule has 1 fully saturated rings. The average Bonchev–Trinajstić information content (AvgIpc) is 2.57. The SMILES string of the molecule is Cc1ccc(S(=O)(=O)N2CCNC(=O)C2c2ccccc2)cc1C. The van der Waals surface area contributed by atoms with Gasteiger partial charge in [-0.05, 0) is 42.7 Å². The highest BCUT2D eigenvalue weighted by molar-refractivity contribution is 7.89. The number of amides is 1. The molecular formula is C18H20N2O3S. The number of rotatable bonds is 3. The first-order valence-corrected chi connectivity index (χ1v) is 9.27. The summed E-state index contributed by atoms with van der Waals surface area (Å²) in [6, 6.07) is 13.2. The van der Waals surface area contributed by atoms with E-state index >= 15 is 0 Å². The fourth-order valence-electron chi connectivity index (χ4n) is 2.87. The lowest BCUT2D eigenvalue weighted by atomic mass is 10.1. The summed E-state index contributed by atoms with van der Waals surface area (Å²) in [5, 5.41) is 2.76. The van der Waals surface area contributed by atoms with Gasteiger partial charge in [0.25, 0.3) is 0 Å². The van der Waals surface area contributed by atoms with Crippen LogP contribution in [0.2, 0.25) is 0 Å². The van der Waals surface area contributed by atoms with Crippen LogP contribution in [-0.4, -0.2) is 31.7 Å². The monoisotopic (exact) mass is 344 g/mol. The number of benzene rings is 2. The predicted octanol–water partition coefficient (Wildman–Crippen LogP) is 2.17. The highest BCUT2D eigenvalue weighted by atomic mass is 32.2. The van der Waals surface area contributed by atoms with E-state index in [0.29, 0.717) is 12.1 Å². The molecule has 6 heteroatoms. The molecule has 1 unspecified atom stereocenters. The maximum absolute atomic E-state index is 13.1. The minimum atomic E-state index is -3.76. The van der Waals surface area contributed by atoms with Gasteiger partial charge in [0.15, 0.2) is 0 Å². The Bertz CT molecular complexity index is 863. The van der Waals surface area contributed by atoms with Gasteiger partial charge in [-0.1, -0.05) is 36.4 Å². The van der Waals surface area contributed by atoms with E-state index in [2.05, 4.69) is 5.32 Å². The molecule has 0 bridgehead atoms. The van der Waals surface area contributed by atoms with Crippen LogP contribution in [0.5, 0.6) is 0 Å². The van der Waals surface area contributed by atoms with Gasteiger partial charge in [0, 0.05) is 13.1 Å². The first kappa shape index (κ1) is 16.7. The standard InChI is InChI=1S/C18H20N2O3S/c1-13-8-9-16(12-14(13)2)24(22,23)20-11-10-19-18(21)17(20)15-6-4-3-5-7-15/h3-9,12,17H,10-11H2,1-2H3,(H,19,21). The molecule has 1 heterocycles. The molecule has 1 amide bonds. The van der Waals surface area contributed by atoms with Crippen LogP contribution in [0.25, 0.3) is 0 Å². The predicted molar refractivity (Wildman–Crippen MR) is 92.0 cm³/mol. The minimum absolute atomic E-state index is 0.223. The largest absolute Gasteiger partial charge is 0.353 e. The van der Waals surface area contributed by atoms with E-state index < -0.39 is 16.1 Å². The number of nitrogens with zero attached hydrogens (tertiary/aromatic N) is 1. The fraction of sp³-hybridized carbons (Fsp3) is 0.278. The van der Waals surface area contributed by atoms with Crippen molar-refractivity contribution in [3.05, 3.63) is 65.2 Å². The highest BCUT2D eigenvalue weighted by Gasteiger charge is 2.39. The molecule has 1 saturated heterocycles. The maximum atomic E-state index is 13.1. The molecule has 126 valence electrons. The number of carbonyl (C=O) groups excluding carboxylic acids is 1. The molecule has 0 radical (unpaired) electrons. The first-order valence-electron chi connectivity index (χ1n) is 7.83. The van der Waals surface area contributed by atoms with Crippen molar-refractivity contribution in [3.8, 4) is 0 Å². The van der Waals surface area contributed by atoms with Gasteiger partial charge in [-0.3, -0.25) is 4.79 Å². The molecule has 1 aliphatic heterocycles. The summed E-state index contributed by atoms with van der Waals surface area (Å²) >= 11 is 0. The quantitative estimate of drug-likeness (QED) is 0.928. The van der Waals surface area contributed by atoms with Crippen LogP contribution in [0.3, 0.4) is 0 Å². The molecule has 0 aliphatic carbocycles. The normalized spacial score (nSPS) is 19.1. The lowest BCUT2D eigenvalue weighted by molar-refractivity contribution is -0.126. The first-order chi connectivity index (χ1) is 11.4. The lowest BCUT2D eigenvalue weighted by Crippen LogP contribution is -2.52. The van der Waals surface area contributed by atoms with Crippen molar-refractivity contribution >= 4 is 15.9 Å². The third-order valence-electron chi connectivity index (χ3n) is 4.37. The molecule has 0 aromatic heterocycles. The summed E-state index contributed by atoms with van der Waals surface area (Å²) in [5.41, 5.74) is 2.61. The van der Waals surface area contributed by atoms with Crippen molar-refractivity contribution < 1.29 is 13.2 Å². The van der Waals surface area contributed by atoms with Crippen LogP contribution in [0.1, 0.15) is 22.7 Å². The van der Waals surface area contributed by atoms with Crippen LogP contribution < -0.4 is 5.32 Å². The zero-order valence-corrected chi connectivity index (χ0v) is 14.5. The number of carbonyl (C=O) groups is 1. The van der Waals surface area contributed by atoms with Crippen LogP contribution in [-0.2, 0) is 14.8 Å². The van der Waals surface area contributed by atoms with E-state index in [1.807, 2.05) is 19.9 Å². The van der Waals surface area contributed by atoms with Gasteiger partial charge in [-0.2, -0.15) is 4.31 Å². The summed E-state index contributed by atoms with van der Waals surface area (Å²) < 4.78 is 27.5. The number of piperazine rings is 1. The van der Waals surface area contributed by atoms with Gasteiger partial charge in [0.05, 0.1) is 4.90 Å². The molecule has 0 saturated carbocycles. The second-order valence-corrected chi connectivity index (χ2v) is 7.86. The van der Waals surface area contributed by atoms with Gasteiger partial charge >= 0.3 is 0 Å². The van der Waals surface area contributed by atoms with Gasteiger partial charge in [-0.15, -0.1) is 0 Å². The van der Waals surface area contributed by atoms with Crippen molar-refractivity contribution in [2.75, 3.05) is 13.1 Å². The number of hydrogen-bond acceptors (Lipinski definition) is 3. The Morgan fingerprint density at radius 3 is 2.42 bits per heavy atom. The molecule has 2 aromatic carbocycles. The van der Waals surface area contributed by atoms with Gasteiger partial charge in [0.1, 0.15) is 6.04 Å². The van der Waals surface area contributed by atoms with Crippen LogP contribution in [0.15, 0.2) is 53.4 Å². The van der Waals surface area contributed by atoms with Gasteiger partial charge in [0.2, 0.25) is 15.9 Å². The second-order valence-electron chi connectivity index (χ2n) is 5.97. The third kappa shape index (κ3) is 2.95. The Kier molecular flexibility index (Phi) is 4.43. The zero-order valence-electron chi connectivity index (χ0n) is 13.7. The van der Waals surface area contributed by atoms with Crippen molar-refractivity contribution in [1.82, 2.24) is 9.62 Å². The molecule has 1 N–H and O–H groups in total. The average molecular weight is 344 g/mol. The van der Waals surface area contributed by atoms with Gasteiger partial charge < -0.3 is 5.32 Å². The summed E-state index contributed by atoms with van der Waals surface area (Å²) in [5.74, 6) is -0.292. The van der Waals surface area contributed by atoms with E-state index in [-0.39, 0.29) is 17.3 Å². The topological polar surface area (TPSA) is 66.5 Å². The third-order valence-corrected chi connectivity index (χ3v) is 6.23. The Morgan fingerprint density at radius 2 is 1.75 bits per heavy atom. The molecule has 0 spiro atoms. The fourth-order valence-corrected chi connectivity index (χ4v) is 4.53. The van der Waals surface area contributed by atoms with Crippen LogP contribution in [0, 0.1) is 13.8 Å². The number of sulfonamides is 1. The van der Waals surface area contributed by atoms with Crippen molar-refractivity contribution in [1.29, 1.82) is 0 Å². The Balaban J connectivity index is 2.06. The Morgan fingerprint density at radius 1 is 1.04 bits per heavy atom.